The summed E-state index contributed by atoms with van der Waals surface area (Å²) in [7, 11) is 0. The normalized spacial score (nSPS) is 15.2. The van der Waals surface area contributed by atoms with E-state index in [2.05, 4.69) is 4.98 Å². The first-order chi connectivity index (χ1) is 14.7. The monoisotopic (exact) mass is 417 g/mol. The predicted octanol–water partition coefficient (Wildman–Crippen LogP) is 4.37. The molecule has 6 nitrogen and oxygen atoms in total. The fourth-order valence-electron chi connectivity index (χ4n) is 3.42. The van der Waals surface area contributed by atoms with Gasteiger partial charge in [0.15, 0.2) is 16.6 Å². The first-order valence-corrected chi connectivity index (χ1v) is 10.5. The molecule has 30 heavy (non-hydrogen) atoms. The Kier molecular flexibility index (Phi) is 4.80. The van der Waals surface area contributed by atoms with Gasteiger partial charge in [0.1, 0.15) is 6.61 Å². The Bertz CT molecular complexity index is 1210. The van der Waals surface area contributed by atoms with Gasteiger partial charge in [0.2, 0.25) is 6.10 Å². The van der Waals surface area contributed by atoms with E-state index in [4.69, 9.17) is 14.5 Å². The van der Waals surface area contributed by atoms with Crippen LogP contribution >= 0.6 is 11.3 Å². The Labute approximate surface area is 177 Å². The molecule has 0 aliphatic carbocycles. The van der Waals surface area contributed by atoms with E-state index in [-0.39, 0.29) is 12.5 Å². The molecule has 0 radical (unpaired) electrons. The molecule has 0 fully saturated rings. The van der Waals surface area contributed by atoms with Crippen molar-refractivity contribution in [3.63, 3.8) is 0 Å². The van der Waals surface area contributed by atoms with Crippen LogP contribution < -0.4 is 14.4 Å². The molecule has 0 saturated heterocycles. The standard InChI is InChI=1S/C23H19N3O3S/c1-15-6-4-10-20-21(15)25-23(30-20)26(13-16-7-5-11-24-12-16)22(27)19-14-28-17-8-2-3-9-18(17)29-19/h2-12,19H,13-14H2,1H3. The van der Waals surface area contributed by atoms with Crippen molar-refractivity contribution in [1.82, 2.24) is 9.97 Å². The summed E-state index contributed by atoms with van der Waals surface area (Å²) in [6.45, 7) is 2.53. The van der Waals surface area contributed by atoms with E-state index < -0.39 is 6.10 Å². The van der Waals surface area contributed by atoms with Gasteiger partial charge in [0, 0.05) is 12.4 Å². The molecular weight excluding hydrogens is 398 g/mol. The molecule has 150 valence electrons. The molecule has 4 aromatic rings. The van der Waals surface area contributed by atoms with Crippen molar-refractivity contribution in [1.29, 1.82) is 0 Å². The van der Waals surface area contributed by atoms with Crippen molar-refractivity contribution in [3.8, 4) is 11.5 Å². The molecule has 0 saturated carbocycles. The van der Waals surface area contributed by atoms with Crippen LogP contribution in [-0.2, 0) is 11.3 Å². The predicted molar refractivity (Wildman–Crippen MR) is 116 cm³/mol. The number of carbonyl (C=O) groups excluding carboxylic acids is 1. The molecule has 5 rings (SSSR count). The number of para-hydroxylation sites is 3. The zero-order chi connectivity index (χ0) is 20.5. The minimum Gasteiger partial charge on any atom is -0.485 e. The van der Waals surface area contributed by atoms with E-state index in [0.717, 1.165) is 21.3 Å². The Balaban J connectivity index is 1.50. The van der Waals surface area contributed by atoms with Gasteiger partial charge < -0.3 is 9.47 Å². The van der Waals surface area contributed by atoms with Crippen molar-refractivity contribution in [2.75, 3.05) is 11.5 Å². The lowest BCUT2D eigenvalue weighted by molar-refractivity contribution is -0.127. The molecule has 1 aliphatic heterocycles. The summed E-state index contributed by atoms with van der Waals surface area (Å²) in [6, 6.07) is 17.2. The molecule has 0 N–H and O–H groups in total. The van der Waals surface area contributed by atoms with E-state index in [1.54, 1.807) is 23.4 Å². The van der Waals surface area contributed by atoms with Gasteiger partial charge in [-0.05, 0) is 42.3 Å². The van der Waals surface area contributed by atoms with Gasteiger partial charge in [0.25, 0.3) is 5.91 Å². The number of nitrogens with zero attached hydrogens (tertiary/aromatic N) is 3. The summed E-state index contributed by atoms with van der Waals surface area (Å²) in [5, 5.41) is 0.635. The first kappa shape index (κ1) is 18.6. The topological polar surface area (TPSA) is 64.6 Å². The number of hydrogen-bond acceptors (Lipinski definition) is 6. The number of fused-ring (bicyclic) bond motifs is 2. The first-order valence-electron chi connectivity index (χ1n) is 9.64. The number of amides is 1. The van der Waals surface area contributed by atoms with Crippen molar-refractivity contribution >= 4 is 32.6 Å². The molecule has 2 aromatic heterocycles. The highest BCUT2D eigenvalue weighted by molar-refractivity contribution is 7.22. The molecule has 0 bridgehead atoms. The molecule has 2 aromatic carbocycles. The Morgan fingerprint density at radius 3 is 2.80 bits per heavy atom. The van der Waals surface area contributed by atoms with Crippen molar-refractivity contribution in [2.24, 2.45) is 0 Å². The summed E-state index contributed by atoms with van der Waals surface area (Å²) in [5.74, 6) is 1.03. The average Bonchev–Trinajstić information content (AvgIpc) is 3.23. The number of ether oxygens (including phenoxy) is 2. The third-order valence-electron chi connectivity index (χ3n) is 4.95. The van der Waals surface area contributed by atoms with E-state index in [1.165, 1.54) is 11.3 Å². The summed E-state index contributed by atoms with van der Waals surface area (Å²) in [5.41, 5.74) is 2.90. The van der Waals surface area contributed by atoms with Crippen LogP contribution in [-0.4, -0.2) is 28.6 Å². The third kappa shape index (κ3) is 3.48. The summed E-state index contributed by atoms with van der Waals surface area (Å²) in [6.07, 6.45) is 2.72. The molecule has 1 unspecified atom stereocenters. The lowest BCUT2D eigenvalue weighted by Gasteiger charge is -2.29. The number of rotatable bonds is 4. The second kappa shape index (κ2) is 7.76. The Morgan fingerprint density at radius 1 is 1.13 bits per heavy atom. The molecule has 1 amide bonds. The van der Waals surface area contributed by atoms with Crippen molar-refractivity contribution < 1.29 is 14.3 Å². The van der Waals surface area contributed by atoms with Gasteiger partial charge in [-0.3, -0.25) is 14.7 Å². The number of thiazole rings is 1. The third-order valence-corrected chi connectivity index (χ3v) is 6.00. The van der Waals surface area contributed by atoms with Crippen LogP contribution in [0, 0.1) is 6.92 Å². The SMILES string of the molecule is Cc1cccc2sc(N(Cc3cccnc3)C(=O)C3COc4ccccc4O3)nc12. The summed E-state index contributed by atoms with van der Waals surface area (Å²) < 4.78 is 12.8. The zero-order valence-corrected chi connectivity index (χ0v) is 17.1. The van der Waals surface area contributed by atoms with E-state index in [1.807, 2.05) is 55.5 Å². The lowest BCUT2D eigenvalue weighted by Crippen LogP contribution is -2.46. The van der Waals surface area contributed by atoms with Crippen LogP contribution in [0.5, 0.6) is 11.5 Å². The fraction of sp³-hybridized carbons (Fsp3) is 0.174. The van der Waals surface area contributed by atoms with Crippen molar-refractivity contribution in [2.45, 2.75) is 19.6 Å². The van der Waals surface area contributed by atoms with Crippen LogP contribution in [0.4, 0.5) is 5.13 Å². The van der Waals surface area contributed by atoms with E-state index >= 15 is 0 Å². The van der Waals surface area contributed by atoms with Crippen LogP contribution in [0.1, 0.15) is 11.1 Å². The van der Waals surface area contributed by atoms with Crippen LogP contribution in [0.3, 0.4) is 0 Å². The number of aryl methyl sites for hydroxylation is 1. The van der Waals surface area contributed by atoms with Gasteiger partial charge in [-0.1, -0.05) is 41.7 Å². The Hall–Kier alpha value is -3.45. The van der Waals surface area contributed by atoms with Gasteiger partial charge in [0.05, 0.1) is 16.8 Å². The smallest absolute Gasteiger partial charge is 0.273 e. The van der Waals surface area contributed by atoms with Crippen LogP contribution in [0.2, 0.25) is 0 Å². The molecule has 3 heterocycles. The second-order valence-electron chi connectivity index (χ2n) is 7.07. The molecule has 1 atom stereocenters. The van der Waals surface area contributed by atoms with E-state index in [9.17, 15) is 4.79 Å². The summed E-state index contributed by atoms with van der Waals surface area (Å²) in [4.78, 5) is 24.2. The number of carbonyl (C=O) groups is 1. The Morgan fingerprint density at radius 2 is 2.00 bits per heavy atom. The highest BCUT2D eigenvalue weighted by Crippen LogP contribution is 2.34. The maximum atomic E-state index is 13.5. The highest BCUT2D eigenvalue weighted by Gasteiger charge is 2.33. The zero-order valence-electron chi connectivity index (χ0n) is 16.3. The van der Waals surface area contributed by atoms with Gasteiger partial charge in [-0.15, -0.1) is 0 Å². The number of benzene rings is 2. The number of pyridine rings is 1. The van der Waals surface area contributed by atoms with Gasteiger partial charge in [-0.2, -0.15) is 0 Å². The second-order valence-corrected chi connectivity index (χ2v) is 8.08. The maximum Gasteiger partial charge on any atom is 0.273 e. The molecule has 7 heteroatoms. The molecule has 1 aliphatic rings. The van der Waals surface area contributed by atoms with Gasteiger partial charge >= 0.3 is 0 Å². The fourth-order valence-corrected chi connectivity index (χ4v) is 4.47. The quantitative estimate of drug-likeness (QED) is 0.493. The van der Waals surface area contributed by atoms with Crippen LogP contribution in [0.15, 0.2) is 67.0 Å². The highest BCUT2D eigenvalue weighted by atomic mass is 32.1. The van der Waals surface area contributed by atoms with Crippen molar-refractivity contribution in [3.05, 3.63) is 78.1 Å². The largest absolute Gasteiger partial charge is 0.485 e. The van der Waals surface area contributed by atoms with Gasteiger partial charge in [-0.25, -0.2) is 4.98 Å². The minimum absolute atomic E-state index is 0.156. The average molecular weight is 417 g/mol. The number of aromatic nitrogens is 2. The van der Waals surface area contributed by atoms with E-state index in [0.29, 0.717) is 23.2 Å². The molecular formula is C23H19N3O3S. The maximum absolute atomic E-state index is 13.5. The molecule has 0 spiro atoms. The summed E-state index contributed by atoms with van der Waals surface area (Å²) >= 11 is 1.49. The minimum atomic E-state index is -0.746. The number of anilines is 1. The lowest BCUT2D eigenvalue weighted by atomic mass is 10.2. The number of hydrogen-bond donors (Lipinski definition) is 0. The van der Waals surface area contributed by atoms with Crippen LogP contribution in [0.25, 0.3) is 10.2 Å².